The van der Waals surface area contributed by atoms with Gasteiger partial charge in [-0.1, -0.05) is 5.16 Å². The molecule has 0 aliphatic carbocycles. The molecule has 6 N–H and O–H groups in total. The highest BCUT2D eigenvalue weighted by Gasteiger charge is 2.16. The van der Waals surface area contributed by atoms with E-state index in [1.165, 1.54) is 54.6 Å². The number of nitrogens with zero attached hydrogens (tertiary/aromatic N) is 3. The highest BCUT2D eigenvalue weighted by atomic mass is 32.2. The third-order valence-corrected chi connectivity index (χ3v) is 7.17. The molecule has 190 valence electrons. The van der Waals surface area contributed by atoms with Crippen molar-refractivity contribution in [1.82, 2.24) is 15.1 Å². The summed E-state index contributed by atoms with van der Waals surface area (Å²) in [5, 5.41) is 3.55. The second kappa shape index (κ2) is 10.6. The van der Waals surface area contributed by atoms with Crippen LogP contribution in [-0.2, 0) is 20.0 Å². The van der Waals surface area contributed by atoms with Crippen molar-refractivity contribution in [1.29, 1.82) is 0 Å². The number of rotatable bonds is 6. The van der Waals surface area contributed by atoms with Gasteiger partial charge in [0, 0.05) is 28.8 Å². The maximum atomic E-state index is 12.1. The number of hydrogen-bond donors (Lipinski definition) is 4. The van der Waals surface area contributed by atoms with E-state index < -0.39 is 20.0 Å². The molecule has 0 saturated carbocycles. The summed E-state index contributed by atoms with van der Waals surface area (Å²) in [6.45, 7) is 5.22. The predicted molar refractivity (Wildman–Crippen MR) is 136 cm³/mol. The Kier molecular flexibility index (Phi) is 7.80. The monoisotopic (exact) mass is 531 g/mol. The molecule has 2 heterocycles. The van der Waals surface area contributed by atoms with Crippen molar-refractivity contribution in [3.8, 4) is 0 Å². The van der Waals surface area contributed by atoms with Crippen LogP contribution in [0.1, 0.15) is 17.1 Å². The van der Waals surface area contributed by atoms with Crippen LogP contribution in [-0.4, -0.2) is 32.0 Å². The number of hydrogen-bond acceptors (Lipinski definition) is 10. The Labute approximate surface area is 208 Å². The van der Waals surface area contributed by atoms with Crippen molar-refractivity contribution in [3.05, 3.63) is 77.8 Å². The minimum absolute atomic E-state index is 0.0642. The van der Waals surface area contributed by atoms with E-state index in [-0.39, 0.29) is 21.6 Å². The van der Waals surface area contributed by atoms with E-state index in [1.54, 1.807) is 26.8 Å². The number of anilines is 4. The maximum absolute atomic E-state index is 12.1. The molecule has 2 aromatic heterocycles. The quantitative estimate of drug-likeness (QED) is 0.268. The molecular weight excluding hydrogens is 506 g/mol. The number of benzene rings is 2. The molecule has 14 heteroatoms. The highest BCUT2D eigenvalue weighted by molar-refractivity contribution is 7.93. The lowest BCUT2D eigenvalue weighted by molar-refractivity contribution is 0.400. The third-order valence-electron chi connectivity index (χ3n) is 4.46. The Morgan fingerprint density at radius 2 is 1.14 bits per heavy atom. The molecule has 0 aliphatic rings. The van der Waals surface area contributed by atoms with Crippen LogP contribution >= 0.6 is 0 Å². The van der Waals surface area contributed by atoms with Crippen LogP contribution in [0.25, 0.3) is 0 Å². The fourth-order valence-corrected chi connectivity index (χ4v) is 4.78. The second-order valence-corrected chi connectivity index (χ2v) is 11.0. The van der Waals surface area contributed by atoms with Gasteiger partial charge in [-0.05, 0) is 75.4 Å². The van der Waals surface area contributed by atoms with E-state index >= 15 is 0 Å². The van der Waals surface area contributed by atoms with Crippen molar-refractivity contribution in [2.45, 2.75) is 30.6 Å². The SMILES string of the molecule is Cc1cc(C)nc(NS(=O)(=O)c2ccc(N)cc2)n1.Cc1cc(NS(=O)(=O)c2ccc(N)cc2)no1. The van der Waals surface area contributed by atoms with Gasteiger partial charge in [0.1, 0.15) is 5.76 Å². The molecule has 36 heavy (non-hydrogen) atoms. The molecule has 2 aromatic carbocycles. The molecule has 4 aromatic rings. The lowest BCUT2D eigenvalue weighted by atomic mass is 10.3. The first-order valence-corrected chi connectivity index (χ1v) is 13.3. The summed E-state index contributed by atoms with van der Waals surface area (Å²) in [6, 6.07) is 15.0. The van der Waals surface area contributed by atoms with Gasteiger partial charge < -0.3 is 16.0 Å². The summed E-state index contributed by atoms with van der Waals surface area (Å²) >= 11 is 0. The highest BCUT2D eigenvalue weighted by Crippen LogP contribution is 2.17. The zero-order chi connectivity index (χ0) is 26.5. The molecule has 0 fully saturated rings. The van der Waals surface area contributed by atoms with E-state index in [9.17, 15) is 16.8 Å². The van der Waals surface area contributed by atoms with Crippen LogP contribution in [0.5, 0.6) is 0 Å². The first-order valence-electron chi connectivity index (χ1n) is 10.4. The van der Waals surface area contributed by atoms with Gasteiger partial charge in [0.2, 0.25) is 5.95 Å². The summed E-state index contributed by atoms with van der Waals surface area (Å²) in [5.74, 6) is 0.744. The molecule has 0 spiro atoms. The molecule has 0 amide bonds. The minimum Gasteiger partial charge on any atom is -0.399 e. The Morgan fingerprint density at radius 3 is 1.56 bits per heavy atom. The van der Waals surface area contributed by atoms with Crippen molar-refractivity contribution in [2.24, 2.45) is 0 Å². The molecule has 0 radical (unpaired) electrons. The topological polar surface area (TPSA) is 196 Å². The van der Waals surface area contributed by atoms with E-state index in [0.717, 1.165) is 0 Å². The van der Waals surface area contributed by atoms with Crippen molar-refractivity contribution in [3.63, 3.8) is 0 Å². The summed E-state index contributed by atoms with van der Waals surface area (Å²) in [6.07, 6.45) is 0. The molecule has 0 atom stereocenters. The van der Waals surface area contributed by atoms with Gasteiger partial charge in [0.05, 0.1) is 9.79 Å². The second-order valence-electron chi connectivity index (χ2n) is 7.65. The largest absolute Gasteiger partial charge is 0.399 e. The van der Waals surface area contributed by atoms with Crippen molar-refractivity contribution >= 4 is 43.2 Å². The average molecular weight is 532 g/mol. The Bertz CT molecular complexity index is 1530. The summed E-state index contributed by atoms with van der Waals surface area (Å²) in [5.41, 5.74) is 13.4. The number of nitrogens with one attached hydrogen (secondary N) is 2. The van der Waals surface area contributed by atoms with E-state index in [1.807, 2.05) is 0 Å². The maximum Gasteiger partial charge on any atom is 0.264 e. The molecule has 0 bridgehead atoms. The molecule has 0 unspecified atom stereocenters. The van der Waals surface area contributed by atoms with Crippen molar-refractivity contribution < 1.29 is 21.4 Å². The van der Waals surface area contributed by atoms with Crippen LogP contribution in [0.4, 0.5) is 23.1 Å². The molecule has 12 nitrogen and oxygen atoms in total. The fourth-order valence-electron chi connectivity index (χ4n) is 2.86. The number of nitrogens with two attached hydrogens (primary N) is 2. The van der Waals surface area contributed by atoms with E-state index in [0.29, 0.717) is 28.5 Å². The van der Waals surface area contributed by atoms with Gasteiger partial charge in [-0.3, -0.25) is 4.72 Å². The molecular formula is C22H25N7O5S2. The zero-order valence-electron chi connectivity index (χ0n) is 19.6. The van der Waals surface area contributed by atoms with Gasteiger partial charge in [0.15, 0.2) is 5.82 Å². The lowest BCUT2D eigenvalue weighted by Gasteiger charge is -2.08. The number of aryl methyl sites for hydroxylation is 3. The van der Waals surface area contributed by atoms with Gasteiger partial charge in [0.25, 0.3) is 20.0 Å². The van der Waals surface area contributed by atoms with Crippen LogP contribution in [0, 0.1) is 20.8 Å². The van der Waals surface area contributed by atoms with Gasteiger partial charge in [-0.25, -0.2) is 31.5 Å². The van der Waals surface area contributed by atoms with Crippen LogP contribution in [0.2, 0.25) is 0 Å². The average Bonchev–Trinajstić information content (AvgIpc) is 3.17. The smallest absolute Gasteiger partial charge is 0.264 e. The molecule has 0 saturated heterocycles. The number of aromatic nitrogens is 3. The van der Waals surface area contributed by atoms with Gasteiger partial charge in [-0.2, -0.15) is 0 Å². The van der Waals surface area contributed by atoms with Crippen LogP contribution in [0.3, 0.4) is 0 Å². The lowest BCUT2D eigenvalue weighted by Crippen LogP contribution is -2.15. The summed E-state index contributed by atoms with van der Waals surface area (Å²) < 4.78 is 57.4. The Hall–Kier alpha value is -4.17. The standard InChI is InChI=1S/C12H14N4O2S.C10H11N3O3S/c1-8-7-9(2)15-12(14-8)16-19(17,18)11-5-3-10(13)4-6-11;1-7-6-10(12-16-7)13-17(14,15)9-4-2-8(11)3-5-9/h3-7H,13H2,1-2H3,(H,14,15,16);2-6H,11H2,1H3,(H,12,13). The normalized spacial score (nSPS) is 11.3. The molecule has 0 aliphatic heterocycles. The minimum atomic E-state index is -3.69. The number of sulfonamides is 2. The van der Waals surface area contributed by atoms with Crippen LogP contribution < -0.4 is 20.9 Å². The van der Waals surface area contributed by atoms with E-state index in [2.05, 4.69) is 24.6 Å². The first kappa shape index (κ1) is 26.4. The van der Waals surface area contributed by atoms with Crippen LogP contribution in [0.15, 0.2) is 75.0 Å². The Balaban J connectivity index is 0.000000202. The summed E-state index contributed by atoms with van der Waals surface area (Å²) in [7, 11) is -7.34. The van der Waals surface area contributed by atoms with Crippen molar-refractivity contribution in [2.75, 3.05) is 20.9 Å². The fraction of sp³-hybridized carbons (Fsp3) is 0.136. The Morgan fingerprint density at radius 1 is 0.694 bits per heavy atom. The van der Waals surface area contributed by atoms with E-state index in [4.69, 9.17) is 16.0 Å². The van der Waals surface area contributed by atoms with Gasteiger partial charge >= 0.3 is 0 Å². The molecule has 4 rings (SSSR count). The number of nitrogen functional groups attached to an aromatic ring is 2. The zero-order valence-corrected chi connectivity index (χ0v) is 21.3. The van der Waals surface area contributed by atoms with Gasteiger partial charge in [-0.15, -0.1) is 0 Å². The predicted octanol–water partition coefficient (Wildman–Crippen LogP) is 2.84. The summed E-state index contributed by atoms with van der Waals surface area (Å²) in [4.78, 5) is 8.31. The first-order chi connectivity index (χ1) is 16.8. The third kappa shape index (κ3) is 7.16.